The molecule has 2 aromatic rings. The Balaban J connectivity index is 1.75. The number of carbonyl (C=O) groups is 1. The maximum absolute atomic E-state index is 12.7. The molecule has 3 rings (SSSR count). The third-order valence-electron chi connectivity index (χ3n) is 4.17. The van der Waals surface area contributed by atoms with Crippen LogP contribution in [0.2, 0.25) is 0 Å². The van der Waals surface area contributed by atoms with E-state index in [4.69, 9.17) is 14.0 Å². The molecule has 1 aliphatic heterocycles. The van der Waals surface area contributed by atoms with E-state index in [1.165, 1.54) is 0 Å². The normalized spacial score (nSPS) is 17.8. The zero-order chi connectivity index (χ0) is 18.5. The lowest BCUT2D eigenvalue weighted by atomic mass is 10.1. The fourth-order valence-electron chi connectivity index (χ4n) is 2.71. The Morgan fingerprint density at radius 3 is 3.00 bits per heavy atom. The Labute approximate surface area is 152 Å². The van der Waals surface area contributed by atoms with Crippen molar-refractivity contribution in [3.8, 4) is 5.75 Å². The van der Waals surface area contributed by atoms with Crippen LogP contribution in [0.5, 0.6) is 5.75 Å². The molecule has 2 heterocycles. The first kappa shape index (κ1) is 18.1. The van der Waals surface area contributed by atoms with Crippen LogP contribution in [0.4, 0.5) is 0 Å². The Hall–Kier alpha value is -2.67. The number of carbonyl (C=O) groups excluding carboxylic acids is 1. The summed E-state index contributed by atoms with van der Waals surface area (Å²) in [5, 5.41) is 4.03. The molecule has 26 heavy (non-hydrogen) atoms. The van der Waals surface area contributed by atoms with Crippen LogP contribution in [0.3, 0.4) is 0 Å². The van der Waals surface area contributed by atoms with Crippen molar-refractivity contribution < 1.29 is 18.8 Å². The van der Waals surface area contributed by atoms with Crippen molar-refractivity contribution in [2.75, 3.05) is 26.9 Å². The summed E-state index contributed by atoms with van der Waals surface area (Å²) in [6.07, 6.45) is 3.32. The van der Waals surface area contributed by atoms with Crippen molar-refractivity contribution >= 4 is 12.0 Å². The molecule has 7 heteroatoms. The lowest BCUT2D eigenvalue weighted by Gasteiger charge is -2.32. The number of nitrogens with zero attached hydrogens (tertiary/aromatic N) is 3. The van der Waals surface area contributed by atoms with Crippen molar-refractivity contribution in [1.82, 2.24) is 15.0 Å². The van der Waals surface area contributed by atoms with Crippen LogP contribution in [0.15, 0.2) is 34.9 Å². The average molecular weight is 357 g/mol. The van der Waals surface area contributed by atoms with E-state index in [9.17, 15) is 4.79 Å². The second kappa shape index (κ2) is 8.14. The Morgan fingerprint density at radius 1 is 1.42 bits per heavy atom. The molecule has 0 bridgehead atoms. The molecule has 1 aromatic carbocycles. The van der Waals surface area contributed by atoms with E-state index in [0.717, 1.165) is 11.3 Å². The van der Waals surface area contributed by atoms with Crippen LogP contribution >= 0.6 is 0 Å². The maximum atomic E-state index is 12.7. The highest BCUT2D eigenvalue weighted by Crippen LogP contribution is 2.24. The molecular formula is C19H23N3O4. The predicted molar refractivity (Wildman–Crippen MR) is 95.7 cm³/mol. The summed E-state index contributed by atoms with van der Waals surface area (Å²) in [4.78, 5) is 18.8. The third kappa shape index (κ3) is 4.11. The van der Waals surface area contributed by atoms with E-state index >= 15 is 0 Å². The molecule has 0 spiro atoms. The van der Waals surface area contributed by atoms with Gasteiger partial charge in [-0.2, -0.15) is 4.98 Å². The smallest absolute Gasteiger partial charge is 0.247 e. The van der Waals surface area contributed by atoms with E-state index < -0.39 is 0 Å². The van der Waals surface area contributed by atoms with Gasteiger partial charge in [0, 0.05) is 18.5 Å². The molecule has 1 unspecified atom stereocenters. The topological polar surface area (TPSA) is 77.7 Å². The van der Waals surface area contributed by atoms with Gasteiger partial charge in [-0.1, -0.05) is 31.1 Å². The summed E-state index contributed by atoms with van der Waals surface area (Å²) < 4.78 is 16.0. The zero-order valence-corrected chi connectivity index (χ0v) is 15.2. The highest BCUT2D eigenvalue weighted by Gasteiger charge is 2.31. The maximum Gasteiger partial charge on any atom is 0.247 e. The molecule has 0 saturated carbocycles. The van der Waals surface area contributed by atoms with Crippen LogP contribution in [-0.4, -0.2) is 47.8 Å². The summed E-state index contributed by atoms with van der Waals surface area (Å²) in [7, 11) is 1.61. The van der Waals surface area contributed by atoms with Crippen molar-refractivity contribution in [3.63, 3.8) is 0 Å². The fourth-order valence-corrected chi connectivity index (χ4v) is 2.71. The molecule has 1 aromatic heterocycles. The molecule has 1 amide bonds. The highest BCUT2D eigenvalue weighted by molar-refractivity contribution is 5.92. The van der Waals surface area contributed by atoms with Crippen LogP contribution in [-0.2, 0) is 9.53 Å². The number of hydrogen-bond donors (Lipinski definition) is 0. The molecule has 7 nitrogen and oxygen atoms in total. The van der Waals surface area contributed by atoms with Gasteiger partial charge in [-0.05, 0) is 23.8 Å². The molecule has 1 aliphatic rings. The summed E-state index contributed by atoms with van der Waals surface area (Å²) in [6.45, 7) is 5.29. The van der Waals surface area contributed by atoms with Crippen molar-refractivity contribution in [2.24, 2.45) is 0 Å². The van der Waals surface area contributed by atoms with E-state index in [-0.39, 0.29) is 17.9 Å². The van der Waals surface area contributed by atoms with Gasteiger partial charge in [0.1, 0.15) is 11.8 Å². The number of morpholine rings is 1. The fraction of sp³-hybridized carbons (Fsp3) is 0.421. The van der Waals surface area contributed by atoms with Gasteiger partial charge >= 0.3 is 0 Å². The van der Waals surface area contributed by atoms with Crippen molar-refractivity contribution in [2.45, 2.75) is 25.8 Å². The SMILES string of the molecule is COc1cccc(/C=C/C(=O)N2CCOCC2c2noc(C(C)C)n2)c1. The number of benzene rings is 1. The first-order valence-corrected chi connectivity index (χ1v) is 8.62. The molecular weight excluding hydrogens is 334 g/mol. The largest absolute Gasteiger partial charge is 0.497 e. The van der Waals surface area contributed by atoms with E-state index in [1.54, 1.807) is 24.2 Å². The third-order valence-corrected chi connectivity index (χ3v) is 4.17. The number of hydrogen-bond acceptors (Lipinski definition) is 6. The van der Waals surface area contributed by atoms with Gasteiger partial charge in [-0.25, -0.2) is 0 Å². The number of amides is 1. The van der Waals surface area contributed by atoms with Gasteiger partial charge in [0.05, 0.1) is 20.3 Å². The van der Waals surface area contributed by atoms with E-state index in [1.807, 2.05) is 38.1 Å². The molecule has 1 atom stereocenters. The van der Waals surface area contributed by atoms with E-state index in [0.29, 0.717) is 31.5 Å². The van der Waals surface area contributed by atoms with Gasteiger partial charge in [0.2, 0.25) is 11.8 Å². The van der Waals surface area contributed by atoms with Gasteiger partial charge < -0.3 is 18.9 Å². The molecule has 1 saturated heterocycles. The summed E-state index contributed by atoms with van der Waals surface area (Å²) in [5.74, 6) is 1.81. The number of methoxy groups -OCH3 is 1. The summed E-state index contributed by atoms with van der Waals surface area (Å²) >= 11 is 0. The molecule has 138 valence electrons. The minimum Gasteiger partial charge on any atom is -0.497 e. The van der Waals surface area contributed by atoms with Gasteiger partial charge in [-0.15, -0.1) is 0 Å². The monoisotopic (exact) mass is 357 g/mol. The van der Waals surface area contributed by atoms with Crippen molar-refractivity contribution in [1.29, 1.82) is 0 Å². The Bertz CT molecular complexity index is 785. The quantitative estimate of drug-likeness (QED) is 0.766. The van der Waals surface area contributed by atoms with Gasteiger partial charge in [0.25, 0.3) is 0 Å². The standard InChI is InChI=1S/C19H23N3O4/c1-13(2)19-20-18(21-26-19)16-12-25-10-9-22(16)17(23)8-7-14-5-4-6-15(11-14)24-3/h4-8,11,13,16H,9-10,12H2,1-3H3/b8-7+. The zero-order valence-electron chi connectivity index (χ0n) is 15.2. The average Bonchev–Trinajstić information content (AvgIpc) is 3.16. The van der Waals surface area contributed by atoms with Gasteiger partial charge in [0.15, 0.2) is 5.82 Å². The molecule has 0 aliphatic carbocycles. The second-order valence-corrected chi connectivity index (χ2v) is 6.38. The summed E-state index contributed by atoms with van der Waals surface area (Å²) in [5.41, 5.74) is 0.893. The molecule has 0 radical (unpaired) electrons. The predicted octanol–water partition coefficient (Wildman–Crippen LogP) is 2.81. The minimum atomic E-state index is -0.345. The van der Waals surface area contributed by atoms with Gasteiger partial charge in [-0.3, -0.25) is 4.79 Å². The Morgan fingerprint density at radius 2 is 2.27 bits per heavy atom. The lowest BCUT2D eigenvalue weighted by Crippen LogP contribution is -2.43. The highest BCUT2D eigenvalue weighted by atomic mass is 16.5. The van der Waals surface area contributed by atoms with E-state index in [2.05, 4.69) is 10.1 Å². The number of rotatable bonds is 5. The summed E-state index contributed by atoms with van der Waals surface area (Å²) in [6, 6.07) is 7.18. The lowest BCUT2D eigenvalue weighted by molar-refractivity contribution is -0.135. The minimum absolute atomic E-state index is 0.114. The first-order chi connectivity index (χ1) is 12.6. The number of ether oxygens (including phenoxy) is 2. The van der Waals surface area contributed by atoms with Crippen molar-refractivity contribution in [3.05, 3.63) is 47.6 Å². The Kier molecular flexibility index (Phi) is 5.68. The first-order valence-electron chi connectivity index (χ1n) is 8.62. The van der Waals surface area contributed by atoms with Crippen LogP contribution in [0, 0.1) is 0 Å². The van der Waals surface area contributed by atoms with Crippen LogP contribution < -0.4 is 4.74 Å². The van der Waals surface area contributed by atoms with Crippen LogP contribution in [0.1, 0.15) is 43.1 Å². The molecule has 0 N–H and O–H groups in total. The second-order valence-electron chi connectivity index (χ2n) is 6.38. The molecule has 1 fully saturated rings. The number of aromatic nitrogens is 2. The van der Waals surface area contributed by atoms with Crippen LogP contribution in [0.25, 0.3) is 6.08 Å².